The van der Waals surface area contributed by atoms with E-state index in [0.29, 0.717) is 0 Å². The largest absolute Gasteiger partial charge is 0.459 e. The molecule has 1 N–H and O–H groups in total. The number of esters is 2. The van der Waals surface area contributed by atoms with Crippen LogP contribution in [0.4, 0.5) is 0 Å². The van der Waals surface area contributed by atoms with Gasteiger partial charge in [0.05, 0.1) is 12.6 Å². The highest BCUT2D eigenvalue weighted by molar-refractivity contribution is 5.84. The molecule has 4 rings (SSSR count). The van der Waals surface area contributed by atoms with Crippen LogP contribution in [-0.4, -0.2) is 71.6 Å². The fourth-order valence-corrected chi connectivity index (χ4v) is 4.38. The van der Waals surface area contributed by atoms with Gasteiger partial charge in [0.25, 0.3) is 0 Å². The number of rotatable bonds is 0. The van der Waals surface area contributed by atoms with Crippen molar-refractivity contribution in [3.05, 3.63) is 11.6 Å². The molecule has 0 aromatic carbocycles. The maximum Gasteiger partial charge on any atom is 0.341 e. The normalized spacial score (nSPS) is 47.4. The van der Waals surface area contributed by atoms with Gasteiger partial charge in [-0.25, -0.2) is 9.59 Å². The molecule has 0 aromatic heterocycles. The zero-order chi connectivity index (χ0) is 18.0. The second kappa shape index (κ2) is 5.53. The zero-order valence-corrected chi connectivity index (χ0v) is 14.9. The van der Waals surface area contributed by atoms with E-state index in [4.69, 9.17) is 14.2 Å². The van der Waals surface area contributed by atoms with E-state index >= 15 is 0 Å². The van der Waals surface area contributed by atoms with Crippen molar-refractivity contribution >= 4 is 11.9 Å². The Labute approximate surface area is 146 Å². The van der Waals surface area contributed by atoms with Crippen LogP contribution >= 0.6 is 0 Å². The maximum absolute atomic E-state index is 12.9. The lowest BCUT2D eigenvalue weighted by molar-refractivity contribution is -0.176. The van der Waals surface area contributed by atoms with Gasteiger partial charge in [0.15, 0.2) is 11.2 Å². The minimum Gasteiger partial charge on any atom is -0.459 e. The summed E-state index contributed by atoms with van der Waals surface area (Å²) in [6, 6.07) is -0.0512. The summed E-state index contributed by atoms with van der Waals surface area (Å²) in [7, 11) is 0. The van der Waals surface area contributed by atoms with Crippen molar-refractivity contribution in [3.8, 4) is 0 Å². The quantitative estimate of drug-likeness (QED) is 0.380. The molecule has 4 heterocycles. The van der Waals surface area contributed by atoms with Gasteiger partial charge in [0.1, 0.15) is 12.7 Å². The van der Waals surface area contributed by atoms with Crippen molar-refractivity contribution in [1.82, 2.24) is 4.90 Å². The van der Waals surface area contributed by atoms with Crippen LogP contribution in [0.5, 0.6) is 0 Å². The van der Waals surface area contributed by atoms with Crippen LogP contribution in [0.3, 0.4) is 0 Å². The van der Waals surface area contributed by atoms with Gasteiger partial charge in [-0.15, -0.1) is 0 Å². The zero-order valence-electron chi connectivity index (χ0n) is 14.9. The topological polar surface area (TPSA) is 88.6 Å². The molecule has 0 radical (unpaired) electrons. The van der Waals surface area contributed by atoms with Crippen LogP contribution in [0, 0.1) is 11.8 Å². The number of nitrogens with zero attached hydrogens (tertiary/aromatic N) is 1. The first-order valence-corrected chi connectivity index (χ1v) is 8.95. The first-order chi connectivity index (χ1) is 11.8. The Kier molecular flexibility index (Phi) is 3.76. The van der Waals surface area contributed by atoms with Crippen molar-refractivity contribution in [2.24, 2.45) is 11.8 Å². The van der Waals surface area contributed by atoms with E-state index in [1.165, 1.54) is 6.92 Å². The Morgan fingerprint density at radius 1 is 1.24 bits per heavy atom. The molecule has 4 aliphatic heterocycles. The molecule has 7 heteroatoms. The number of carbonyl (C=O) groups is 2. The molecule has 1 spiro atoms. The smallest absolute Gasteiger partial charge is 0.341 e. The van der Waals surface area contributed by atoms with E-state index < -0.39 is 23.1 Å². The second-order valence-electron chi connectivity index (χ2n) is 7.93. The number of hydrogen-bond donors (Lipinski definition) is 1. The van der Waals surface area contributed by atoms with Gasteiger partial charge in [0.2, 0.25) is 0 Å². The van der Waals surface area contributed by atoms with Crippen LogP contribution in [0.15, 0.2) is 11.6 Å². The number of aliphatic hydroxyl groups is 1. The fraction of sp³-hybridized carbons (Fsp3) is 0.778. The summed E-state index contributed by atoms with van der Waals surface area (Å²) in [5.41, 5.74) is -1.84. The average molecular weight is 351 g/mol. The second-order valence-corrected chi connectivity index (χ2v) is 7.93. The Balaban J connectivity index is 1.68. The van der Waals surface area contributed by atoms with Gasteiger partial charge in [-0.2, -0.15) is 0 Å². The minimum atomic E-state index is -1.70. The van der Waals surface area contributed by atoms with E-state index in [1.54, 1.807) is 6.92 Å². The van der Waals surface area contributed by atoms with E-state index in [9.17, 15) is 14.7 Å². The van der Waals surface area contributed by atoms with E-state index in [1.807, 2.05) is 13.0 Å². The highest BCUT2D eigenvalue weighted by atomic mass is 16.6. The Hall–Kier alpha value is -1.44. The summed E-state index contributed by atoms with van der Waals surface area (Å²) < 4.78 is 16.8. The third-order valence-corrected chi connectivity index (χ3v) is 6.63. The van der Waals surface area contributed by atoms with Crippen molar-refractivity contribution < 1.29 is 28.9 Å². The lowest BCUT2D eigenvalue weighted by Gasteiger charge is -2.36. The minimum absolute atomic E-state index is 0.0512. The molecule has 0 amide bonds. The first kappa shape index (κ1) is 17.0. The van der Waals surface area contributed by atoms with Crippen LogP contribution in [0.2, 0.25) is 0 Å². The molecule has 0 aliphatic carbocycles. The monoisotopic (exact) mass is 351 g/mol. The van der Waals surface area contributed by atoms with Crippen molar-refractivity contribution in [2.75, 3.05) is 26.3 Å². The summed E-state index contributed by atoms with van der Waals surface area (Å²) in [6.07, 6.45) is 2.54. The van der Waals surface area contributed by atoms with E-state index in [-0.39, 0.29) is 37.2 Å². The van der Waals surface area contributed by atoms with Gasteiger partial charge < -0.3 is 19.3 Å². The SMILES string of the molecule is C[C@@H]1[C@@H](C)[C@]2(CO2)C(=O)O[C@@H]2CCN3CC=C(COC(=O)[C@]1(C)O)[C@H]23. The third-order valence-electron chi connectivity index (χ3n) is 6.63. The molecule has 138 valence electrons. The lowest BCUT2D eigenvalue weighted by atomic mass is 9.75. The summed E-state index contributed by atoms with van der Waals surface area (Å²) in [5.74, 6) is -1.94. The molecule has 0 aromatic rings. The summed E-state index contributed by atoms with van der Waals surface area (Å²) in [4.78, 5) is 27.6. The van der Waals surface area contributed by atoms with Crippen molar-refractivity contribution in [2.45, 2.75) is 50.5 Å². The van der Waals surface area contributed by atoms with Gasteiger partial charge >= 0.3 is 11.9 Å². The van der Waals surface area contributed by atoms with Crippen molar-refractivity contribution in [1.29, 1.82) is 0 Å². The summed E-state index contributed by atoms with van der Waals surface area (Å²) in [5, 5.41) is 10.8. The predicted molar refractivity (Wildman–Crippen MR) is 86.5 cm³/mol. The van der Waals surface area contributed by atoms with Crippen LogP contribution in [0.1, 0.15) is 27.2 Å². The first-order valence-electron chi connectivity index (χ1n) is 8.95. The number of carbonyl (C=O) groups excluding carboxylic acids is 2. The van der Waals surface area contributed by atoms with Gasteiger partial charge in [0, 0.05) is 24.9 Å². The maximum atomic E-state index is 12.9. The average Bonchev–Trinajstić information content (AvgIpc) is 3.16. The molecule has 25 heavy (non-hydrogen) atoms. The molecule has 0 unspecified atom stereocenters. The molecule has 0 saturated carbocycles. The number of cyclic esters (lactones) is 1. The standard InChI is InChI=1S/C18H25NO6/c1-10-11(2)18(9-24-18)16(21)25-13-5-7-19-6-4-12(14(13)19)8-23-15(20)17(10,3)22/h4,10-11,13-14,22H,5-9H2,1-3H3/t10-,11-,13-,14-,17-,18-/m1/s1. The van der Waals surface area contributed by atoms with Crippen LogP contribution < -0.4 is 0 Å². The summed E-state index contributed by atoms with van der Waals surface area (Å²) >= 11 is 0. The Morgan fingerprint density at radius 2 is 1.96 bits per heavy atom. The Morgan fingerprint density at radius 3 is 2.64 bits per heavy atom. The highest BCUT2D eigenvalue weighted by Gasteiger charge is 2.63. The number of ether oxygens (including phenoxy) is 3. The van der Waals surface area contributed by atoms with Crippen molar-refractivity contribution in [3.63, 3.8) is 0 Å². The molecule has 0 bridgehead atoms. The number of epoxide rings is 1. The fourth-order valence-electron chi connectivity index (χ4n) is 4.38. The predicted octanol–water partition coefficient (Wildman–Crippen LogP) is 0.262. The molecule has 4 aliphatic rings. The van der Waals surface area contributed by atoms with Crippen LogP contribution in [-0.2, 0) is 23.8 Å². The molecule has 3 fully saturated rings. The Bertz CT molecular complexity index is 637. The lowest BCUT2D eigenvalue weighted by Crippen LogP contribution is -2.52. The molecule has 3 saturated heterocycles. The number of hydrogen-bond acceptors (Lipinski definition) is 7. The van der Waals surface area contributed by atoms with Crippen LogP contribution in [0.25, 0.3) is 0 Å². The van der Waals surface area contributed by atoms with Gasteiger partial charge in [-0.3, -0.25) is 4.90 Å². The molecule has 7 nitrogen and oxygen atoms in total. The molecule has 6 atom stereocenters. The molecular formula is C18H25NO6. The summed E-state index contributed by atoms with van der Waals surface area (Å²) in [6.45, 7) is 6.97. The highest BCUT2D eigenvalue weighted by Crippen LogP contribution is 2.45. The van der Waals surface area contributed by atoms with Gasteiger partial charge in [-0.1, -0.05) is 19.9 Å². The van der Waals surface area contributed by atoms with Gasteiger partial charge in [-0.05, 0) is 18.9 Å². The van der Waals surface area contributed by atoms with E-state index in [0.717, 1.165) is 25.1 Å². The van der Waals surface area contributed by atoms with E-state index in [2.05, 4.69) is 4.90 Å². The molecular weight excluding hydrogens is 326 g/mol. The third kappa shape index (κ3) is 2.44.